The molecular formula is C28H32ClN7O9. The van der Waals surface area contributed by atoms with E-state index in [0.29, 0.717) is 30.2 Å². The Morgan fingerprint density at radius 3 is 2.42 bits per heavy atom. The third kappa shape index (κ3) is 9.52. The van der Waals surface area contributed by atoms with E-state index in [-0.39, 0.29) is 44.0 Å². The molecule has 0 saturated carbocycles. The van der Waals surface area contributed by atoms with Gasteiger partial charge >= 0.3 is 12.1 Å². The van der Waals surface area contributed by atoms with Gasteiger partial charge in [0, 0.05) is 18.5 Å². The lowest BCUT2D eigenvalue weighted by Gasteiger charge is -2.12. The van der Waals surface area contributed by atoms with E-state index in [1.165, 1.54) is 0 Å². The Morgan fingerprint density at radius 1 is 0.978 bits per heavy atom. The van der Waals surface area contributed by atoms with E-state index in [0.717, 1.165) is 34.3 Å². The van der Waals surface area contributed by atoms with Crippen molar-refractivity contribution < 1.29 is 44.2 Å². The molecule has 0 aliphatic rings. The maximum absolute atomic E-state index is 11.9. The van der Waals surface area contributed by atoms with Crippen LogP contribution in [0.3, 0.4) is 0 Å². The van der Waals surface area contributed by atoms with Crippen molar-refractivity contribution in [3.05, 3.63) is 70.8 Å². The molecule has 0 unspecified atom stereocenters. The molecule has 0 atom stereocenters. The molecule has 2 aromatic heterocycles. The van der Waals surface area contributed by atoms with Crippen molar-refractivity contribution in [1.29, 1.82) is 0 Å². The number of nitrogens with zero attached hydrogens (tertiary/aromatic N) is 7. The van der Waals surface area contributed by atoms with Crippen molar-refractivity contribution in [2.45, 2.75) is 39.5 Å². The second-order valence-electron chi connectivity index (χ2n) is 9.46. The highest BCUT2D eigenvalue weighted by Crippen LogP contribution is 2.30. The molecule has 0 amide bonds. The molecule has 0 aliphatic heterocycles. The van der Waals surface area contributed by atoms with Crippen LogP contribution in [0.4, 0.5) is 4.79 Å². The number of unbranched alkanes of at least 4 members (excludes halogenated alkanes) is 1. The van der Waals surface area contributed by atoms with Gasteiger partial charge in [-0.05, 0) is 28.3 Å². The number of ether oxygens (including phenoxy) is 3. The summed E-state index contributed by atoms with van der Waals surface area (Å²) < 4.78 is 16.6. The summed E-state index contributed by atoms with van der Waals surface area (Å²) in [5.41, 5.74) is 3.25. The highest BCUT2D eigenvalue weighted by Gasteiger charge is 2.21. The van der Waals surface area contributed by atoms with Crippen LogP contribution in [0.25, 0.3) is 22.5 Å². The molecule has 2 heterocycles. The first-order valence-corrected chi connectivity index (χ1v) is 14.3. The molecule has 3 N–H and O–H groups in total. The molecular weight excluding hydrogens is 614 g/mol. The van der Waals surface area contributed by atoms with Gasteiger partial charge < -0.3 is 23.9 Å². The van der Waals surface area contributed by atoms with Crippen molar-refractivity contribution >= 4 is 23.7 Å². The summed E-state index contributed by atoms with van der Waals surface area (Å²) in [5, 5.41) is 38.4. The number of hydrogen-bond donors (Lipinski definition) is 3. The second-order valence-corrected chi connectivity index (χ2v) is 9.82. The van der Waals surface area contributed by atoms with Crippen molar-refractivity contribution in [3.8, 4) is 22.5 Å². The maximum Gasteiger partial charge on any atom is 0.510 e. The van der Waals surface area contributed by atoms with Crippen LogP contribution in [-0.2, 0) is 38.7 Å². The van der Waals surface area contributed by atoms with Gasteiger partial charge in [-0.3, -0.25) is 10.4 Å². The van der Waals surface area contributed by atoms with Crippen molar-refractivity contribution in [2.75, 3.05) is 26.4 Å². The lowest BCUT2D eigenvalue weighted by Crippen LogP contribution is -2.19. The normalized spacial score (nSPS) is 11.2. The molecule has 17 heteroatoms. The van der Waals surface area contributed by atoms with Crippen molar-refractivity contribution in [3.63, 3.8) is 0 Å². The number of hydrogen-bond acceptors (Lipinski definition) is 13. The molecule has 0 saturated heterocycles. The number of rotatable bonds is 17. The van der Waals surface area contributed by atoms with Crippen molar-refractivity contribution in [2.24, 2.45) is 0 Å². The summed E-state index contributed by atoms with van der Waals surface area (Å²) in [4.78, 5) is 33.5. The van der Waals surface area contributed by atoms with Crippen LogP contribution in [0.15, 0.2) is 48.5 Å². The van der Waals surface area contributed by atoms with Gasteiger partial charge in [-0.25, -0.2) is 19.4 Å². The number of aromatic carboxylic acids is 1. The number of benzene rings is 2. The van der Waals surface area contributed by atoms with Crippen molar-refractivity contribution in [1.82, 2.24) is 35.1 Å². The number of halogens is 1. The number of imidazole rings is 1. The van der Waals surface area contributed by atoms with Crippen LogP contribution >= 0.6 is 11.6 Å². The Hall–Kier alpha value is -4.45. The largest absolute Gasteiger partial charge is 0.510 e. The Labute approximate surface area is 262 Å². The monoisotopic (exact) mass is 645 g/mol. The smallest absolute Gasteiger partial charge is 0.476 e. The van der Waals surface area contributed by atoms with Gasteiger partial charge in [0.15, 0.2) is 10.8 Å². The van der Waals surface area contributed by atoms with E-state index in [9.17, 15) is 14.7 Å². The Morgan fingerprint density at radius 2 is 1.71 bits per heavy atom. The van der Waals surface area contributed by atoms with E-state index in [1.54, 1.807) is 4.57 Å². The zero-order valence-electron chi connectivity index (χ0n) is 24.3. The third-order valence-electron chi connectivity index (χ3n) is 6.37. The summed E-state index contributed by atoms with van der Waals surface area (Å²) >= 11 is 6.17. The van der Waals surface area contributed by atoms with Crippen LogP contribution in [0.1, 0.15) is 41.6 Å². The van der Waals surface area contributed by atoms with Gasteiger partial charge in [-0.1, -0.05) is 73.5 Å². The van der Waals surface area contributed by atoms with Gasteiger partial charge in [0.2, 0.25) is 12.6 Å². The van der Waals surface area contributed by atoms with Crippen LogP contribution in [0.2, 0.25) is 5.15 Å². The van der Waals surface area contributed by atoms with Crippen LogP contribution in [0.5, 0.6) is 0 Å². The fourth-order valence-corrected chi connectivity index (χ4v) is 4.57. The predicted molar refractivity (Wildman–Crippen MR) is 155 cm³/mol. The number of carbonyl (C=O) groups is 2. The number of aromatic nitrogens is 6. The van der Waals surface area contributed by atoms with Gasteiger partial charge in [0.05, 0.1) is 25.2 Å². The summed E-state index contributed by atoms with van der Waals surface area (Å²) in [7, 11) is 0. The van der Waals surface area contributed by atoms with E-state index in [4.69, 9.17) is 36.2 Å². The minimum absolute atomic E-state index is 0.0182. The molecule has 0 aliphatic carbocycles. The first kappa shape index (κ1) is 33.4. The number of carboxylic acid groups (broad SMARTS) is 1. The van der Waals surface area contributed by atoms with Crippen LogP contribution in [-0.4, -0.2) is 89.2 Å². The molecule has 0 bridgehead atoms. The summed E-state index contributed by atoms with van der Waals surface area (Å²) in [6.45, 7) is 1.90. The predicted octanol–water partition coefficient (Wildman–Crippen LogP) is 4.09. The number of carbonyl (C=O) groups excluding carboxylic acids is 1. The number of aryl methyl sites for hydroxylation is 1. The van der Waals surface area contributed by atoms with Gasteiger partial charge in [0.1, 0.15) is 12.4 Å². The molecule has 16 nitrogen and oxygen atoms in total. The van der Waals surface area contributed by atoms with E-state index >= 15 is 0 Å². The zero-order valence-corrected chi connectivity index (χ0v) is 25.0. The molecule has 45 heavy (non-hydrogen) atoms. The number of tetrazole rings is 1. The minimum atomic E-state index is -1.13. The molecule has 0 spiro atoms. The number of carboxylic acids is 1. The zero-order chi connectivity index (χ0) is 32.2. The summed E-state index contributed by atoms with van der Waals surface area (Å²) in [6, 6.07) is 15.2. The van der Waals surface area contributed by atoms with Gasteiger partial charge in [-0.15, -0.1) is 15.0 Å². The van der Waals surface area contributed by atoms with Crippen LogP contribution < -0.4 is 0 Å². The second kappa shape index (κ2) is 16.6. The average molecular weight is 646 g/mol. The SMILES string of the molecule is CCCCc1nc(Cl)c(C(=O)O)n1Cc1ccc(-c2ccccc2-c2nnn(COC(=O)OCCOCCON(O)O)n2)cc1. The Balaban J connectivity index is 1.37. The molecule has 4 aromatic rings. The van der Waals surface area contributed by atoms with E-state index < -0.39 is 17.5 Å². The fraction of sp³-hybridized carbons (Fsp3) is 0.357. The van der Waals surface area contributed by atoms with Gasteiger partial charge in [0.25, 0.3) is 0 Å². The topological polar surface area (TPSA) is 196 Å². The first-order valence-electron chi connectivity index (χ1n) is 13.9. The molecule has 0 radical (unpaired) electrons. The molecule has 4 rings (SSSR count). The lowest BCUT2D eigenvalue weighted by atomic mass is 9.98. The van der Waals surface area contributed by atoms with E-state index in [2.05, 4.69) is 32.2 Å². The average Bonchev–Trinajstić information content (AvgIpc) is 3.62. The third-order valence-corrected chi connectivity index (χ3v) is 6.63. The first-order chi connectivity index (χ1) is 21.8. The standard InChI is InChI=1S/C28H32ClN7O9/c1-2-3-8-23-30-25(29)24(27(37)38)34(23)17-19-9-11-20(12-10-19)21-6-4-5-7-22(21)26-31-33-35(32-26)18-44-28(39)43-15-13-42-14-16-45-36(40)41/h4-7,9-12,40-41H,2-3,8,13-18H2,1H3,(H,37,38). The highest BCUT2D eigenvalue weighted by molar-refractivity contribution is 6.32. The summed E-state index contributed by atoms with van der Waals surface area (Å²) in [5.74, 6) is -0.181. The lowest BCUT2D eigenvalue weighted by molar-refractivity contribution is -0.493. The molecule has 2 aromatic carbocycles. The molecule has 240 valence electrons. The highest BCUT2D eigenvalue weighted by atomic mass is 35.5. The maximum atomic E-state index is 11.9. The minimum Gasteiger partial charge on any atom is -0.476 e. The quantitative estimate of drug-likeness (QED) is 0.0843. The summed E-state index contributed by atoms with van der Waals surface area (Å²) in [6.07, 6.45) is 1.47. The van der Waals surface area contributed by atoms with Gasteiger partial charge in [-0.2, -0.15) is 0 Å². The Kier molecular flexibility index (Phi) is 12.3. The van der Waals surface area contributed by atoms with E-state index in [1.807, 2.05) is 48.5 Å². The molecule has 0 fully saturated rings. The Bertz CT molecular complexity index is 1560. The fourth-order valence-electron chi connectivity index (χ4n) is 4.29. The van der Waals surface area contributed by atoms with Crippen LogP contribution in [0, 0.1) is 0 Å².